The van der Waals surface area contributed by atoms with Crippen molar-refractivity contribution in [1.29, 1.82) is 0 Å². The van der Waals surface area contributed by atoms with Crippen molar-refractivity contribution in [1.82, 2.24) is 4.90 Å². The van der Waals surface area contributed by atoms with Crippen molar-refractivity contribution in [3.05, 3.63) is 95.6 Å². The molecular formula is C26H26N4O. The van der Waals surface area contributed by atoms with Crippen LogP contribution in [-0.2, 0) is 11.3 Å². The zero-order chi connectivity index (χ0) is 21.0. The van der Waals surface area contributed by atoms with Gasteiger partial charge in [0.15, 0.2) is 0 Å². The molecule has 2 heterocycles. The minimum Gasteiger partial charge on any atom is -0.369 e. The number of benzene rings is 3. The zero-order valence-electron chi connectivity index (χ0n) is 17.5. The van der Waals surface area contributed by atoms with Crippen molar-refractivity contribution in [3.8, 4) is 0 Å². The third-order valence-corrected chi connectivity index (χ3v) is 5.95. The van der Waals surface area contributed by atoms with E-state index in [1.165, 1.54) is 5.56 Å². The van der Waals surface area contributed by atoms with Crippen molar-refractivity contribution in [2.45, 2.75) is 6.54 Å². The number of nitrogens with zero attached hydrogens (tertiary/aromatic N) is 3. The van der Waals surface area contributed by atoms with Gasteiger partial charge in [0.1, 0.15) is 6.54 Å². The number of anilines is 2. The topological polar surface area (TPSA) is 47.9 Å². The number of carbonyl (C=O) groups excluding carboxylic acids is 1. The fraction of sp³-hybridized carbons (Fsp3) is 0.231. The van der Waals surface area contributed by atoms with Crippen LogP contribution in [0, 0.1) is 0 Å². The Morgan fingerprint density at radius 2 is 1.55 bits per heavy atom. The van der Waals surface area contributed by atoms with Gasteiger partial charge in [0.2, 0.25) is 5.91 Å². The van der Waals surface area contributed by atoms with Gasteiger partial charge in [-0.3, -0.25) is 14.7 Å². The van der Waals surface area contributed by atoms with Crippen LogP contribution in [0.15, 0.2) is 83.9 Å². The second-order valence-corrected chi connectivity index (χ2v) is 8.06. The SMILES string of the molecule is O=C1CN=C(c2ccccc2)c2ccc(N3CCN(Cc4ccccc4)CC3)cc2N1. The lowest BCUT2D eigenvalue weighted by Gasteiger charge is -2.36. The Morgan fingerprint density at radius 1 is 0.839 bits per heavy atom. The number of amides is 1. The zero-order valence-corrected chi connectivity index (χ0v) is 17.5. The van der Waals surface area contributed by atoms with Gasteiger partial charge in [0.05, 0.1) is 11.4 Å². The average molecular weight is 411 g/mol. The number of fused-ring (bicyclic) bond motifs is 1. The summed E-state index contributed by atoms with van der Waals surface area (Å²) in [5.41, 5.74) is 6.22. The Hall–Kier alpha value is -3.44. The minimum absolute atomic E-state index is 0.0722. The molecule has 0 spiro atoms. The molecule has 5 heteroatoms. The van der Waals surface area contributed by atoms with Crippen molar-refractivity contribution in [2.24, 2.45) is 4.99 Å². The molecule has 5 nitrogen and oxygen atoms in total. The van der Waals surface area contributed by atoms with Crippen LogP contribution in [0.2, 0.25) is 0 Å². The summed E-state index contributed by atoms with van der Waals surface area (Å²) in [7, 11) is 0. The van der Waals surface area contributed by atoms with Gasteiger partial charge < -0.3 is 10.2 Å². The number of carbonyl (C=O) groups is 1. The molecule has 0 aromatic heterocycles. The number of hydrogen-bond acceptors (Lipinski definition) is 4. The highest BCUT2D eigenvalue weighted by Crippen LogP contribution is 2.28. The number of piperazine rings is 1. The number of rotatable bonds is 4. The van der Waals surface area contributed by atoms with Gasteiger partial charge in [-0.05, 0) is 23.8 Å². The number of hydrogen-bond donors (Lipinski definition) is 1. The Labute approximate surface area is 183 Å². The molecule has 0 bridgehead atoms. The van der Waals surface area contributed by atoms with Crippen molar-refractivity contribution < 1.29 is 4.79 Å². The third-order valence-electron chi connectivity index (χ3n) is 5.95. The summed E-state index contributed by atoms with van der Waals surface area (Å²) in [6.45, 7) is 5.13. The molecule has 2 aliphatic rings. The average Bonchev–Trinajstić information content (AvgIpc) is 2.98. The molecule has 2 aliphatic heterocycles. The van der Waals surface area contributed by atoms with Gasteiger partial charge in [-0.15, -0.1) is 0 Å². The predicted molar refractivity (Wildman–Crippen MR) is 126 cm³/mol. The normalized spacial score (nSPS) is 16.8. The predicted octanol–water partition coefficient (Wildman–Crippen LogP) is 3.80. The van der Waals surface area contributed by atoms with E-state index >= 15 is 0 Å². The van der Waals surface area contributed by atoms with E-state index < -0.39 is 0 Å². The van der Waals surface area contributed by atoms with Gasteiger partial charge in [-0.25, -0.2) is 0 Å². The molecule has 1 N–H and O–H groups in total. The largest absolute Gasteiger partial charge is 0.369 e. The monoisotopic (exact) mass is 410 g/mol. The van der Waals surface area contributed by atoms with Gasteiger partial charge >= 0.3 is 0 Å². The fourth-order valence-electron chi connectivity index (χ4n) is 4.31. The molecule has 31 heavy (non-hydrogen) atoms. The van der Waals surface area contributed by atoms with E-state index in [9.17, 15) is 4.79 Å². The third kappa shape index (κ3) is 4.37. The molecule has 1 amide bonds. The molecule has 1 saturated heterocycles. The molecule has 3 aromatic carbocycles. The van der Waals surface area contributed by atoms with E-state index in [2.05, 4.69) is 68.6 Å². The Balaban J connectivity index is 1.33. The standard InChI is InChI=1S/C26H26N4O/c31-25-18-27-26(21-9-5-2-6-10-21)23-12-11-22(17-24(23)28-25)30-15-13-29(14-16-30)19-20-7-3-1-4-8-20/h1-12,17H,13-16,18-19H2,(H,28,31). The van der Waals surface area contributed by atoms with Crippen molar-refractivity contribution in [2.75, 3.05) is 42.9 Å². The number of benzodiazepines with no additional fused rings is 1. The molecule has 156 valence electrons. The summed E-state index contributed by atoms with van der Waals surface area (Å²) in [6.07, 6.45) is 0. The van der Waals surface area contributed by atoms with E-state index in [1.807, 2.05) is 30.3 Å². The first-order valence-corrected chi connectivity index (χ1v) is 10.8. The highest BCUT2D eigenvalue weighted by atomic mass is 16.1. The molecule has 0 saturated carbocycles. The van der Waals surface area contributed by atoms with Crippen molar-refractivity contribution in [3.63, 3.8) is 0 Å². The van der Waals surface area contributed by atoms with Gasteiger partial charge in [-0.1, -0.05) is 60.7 Å². The fourth-order valence-corrected chi connectivity index (χ4v) is 4.31. The van der Waals surface area contributed by atoms with Crippen LogP contribution in [0.5, 0.6) is 0 Å². The van der Waals surface area contributed by atoms with E-state index in [0.29, 0.717) is 0 Å². The minimum atomic E-state index is -0.0722. The molecule has 1 fully saturated rings. The van der Waals surface area contributed by atoms with Crippen LogP contribution in [0.25, 0.3) is 0 Å². The van der Waals surface area contributed by atoms with Gasteiger partial charge in [0, 0.05) is 49.5 Å². The lowest BCUT2D eigenvalue weighted by molar-refractivity contribution is -0.114. The van der Waals surface area contributed by atoms with E-state index in [-0.39, 0.29) is 12.5 Å². The molecule has 5 rings (SSSR count). The van der Waals surface area contributed by atoms with Gasteiger partial charge in [-0.2, -0.15) is 0 Å². The van der Waals surface area contributed by atoms with Crippen LogP contribution in [0.4, 0.5) is 11.4 Å². The lowest BCUT2D eigenvalue weighted by Crippen LogP contribution is -2.46. The lowest BCUT2D eigenvalue weighted by atomic mass is 10.00. The van der Waals surface area contributed by atoms with Crippen LogP contribution in [0.3, 0.4) is 0 Å². The van der Waals surface area contributed by atoms with E-state index in [1.54, 1.807) is 0 Å². The van der Waals surface area contributed by atoms with Gasteiger partial charge in [0.25, 0.3) is 0 Å². The Kier molecular flexibility index (Phi) is 5.50. The molecule has 0 radical (unpaired) electrons. The Bertz CT molecular complexity index is 1090. The summed E-state index contributed by atoms with van der Waals surface area (Å²) >= 11 is 0. The smallest absolute Gasteiger partial charge is 0.246 e. The molecule has 0 atom stereocenters. The van der Waals surface area contributed by atoms with Crippen LogP contribution in [-0.4, -0.2) is 49.2 Å². The molecule has 0 aliphatic carbocycles. The first kappa shape index (κ1) is 19.5. The summed E-state index contributed by atoms with van der Waals surface area (Å²) in [6, 6.07) is 27.1. The molecular weight excluding hydrogens is 384 g/mol. The maximum atomic E-state index is 12.3. The molecule has 3 aromatic rings. The highest BCUT2D eigenvalue weighted by Gasteiger charge is 2.21. The first-order chi connectivity index (χ1) is 15.3. The summed E-state index contributed by atoms with van der Waals surface area (Å²) in [5, 5.41) is 3.05. The first-order valence-electron chi connectivity index (χ1n) is 10.8. The maximum Gasteiger partial charge on any atom is 0.246 e. The highest BCUT2D eigenvalue weighted by molar-refractivity contribution is 6.19. The van der Waals surface area contributed by atoms with E-state index in [4.69, 9.17) is 0 Å². The second-order valence-electron chi connectivity index (χ2n) is 8.06. The van der Waals surface area contributed by atoms with Crippen LogP contribution in [0.1, 0.15) is 16.7 Å². The van der Waals surface area contributed by atoms with E-state index in [0.717, 1.165) is 60.9 Å². The molecule has 0 unspecified atom stereocenters. The quantitative estimate of drug-likeness (QED) is 0.712. The summed E-state index contributed by atoms with van der Waals surface area (Å²) < 4.78 is 0. The summed E-state index contributed by atoms with van der Waals surface area (Å²) in [5.74, 6) is -0.0722. The second kappa shape index (κ2) is 8.74. The number of nitrogens with one attached hydrogen (secondary N) is 1. The number of aliphatic imine (C=N–C) groups is 1. The van der Waals surface area contributed by atoms with Crippen LogP contribution < -0.4 is 10.2 Å². The van der Waals surface area contributed by atoms with Crippen LogP contribution >= 0.6 is 0 Å². The Morgan fingerprint density at radius 3 is 2.29 bits per heavy atom. The maximum absolute atomic E-state index is 12.3. The summed E-state index contributed by atoms with van der Waals surface area (Å²) in [4.78, 5) is 21.8. The van der Waals surface area contributed by atoms with Crippen molar-refractivity contribution >= 4 is 23.0 Å².